The molecule has 2 amide bonds. The summed E-state index contributed by atoms with van der Waals surface area (Å²) in [5.74, 6) is -0.0356. The van der Waals surface area contributed by atoms with E-state index in [2.05, 4.69) is 0 Å². The van der Waals surface area contributed by atoms with Gasteiger partial charge in [-0.1, -0.05) is 26.0 Å². The van der Waals surface area contributed by atoms with Gasteiger partial charge in [-0.05, 0) is 30.5 Å². The molecule has 0 aromatic heterocycles. The van der Waals surface area contributed by atoms with Crippen molar-refractivity contribution in [3.05, 3.63) is 35.6 Å². The topological polar surface area (TPSA) is 40.6 Å². The van der Waals surface area contributed by atoms with E-state index in [1.807, 2.05) is 18.7 Å². The summed E-state index contributed by atoms with van der Waals surface area (Å²) in [7, 11) is 1.78. The fraction of sp³-hybridized carbons (Fsp3) is 0.556. The van der Waals surface area contributed by atoms with Crippen molar-refractivity contribution in [3.63, 3.8) is 0 Å². The van der Waals surface area contributed by atoms with Crippen molar-refractivity contribution in [2.24, 2.45) is 11.8 Å². The van der Waals surface area contributed by atoms with Gasteiger partial charge >= 0.3 is 0 Å². The molecule has 23 heavy (non-hydrogen) atoms. The van der Waals surface area contributed by atoms with Crippen LogP contribution in [-0.4, -0.2) is 41.8 Å². The Morgan fingerprint density at radius 1 is 1.22 bits per heavy atom. The first-order chi connectivity index (χ1) is 10.9. The third kappa shape index (κ3) is 4.53. The number of hydrogen-bond acceptors (Lipinski definition) is 2. The zero-order valence-electron chi connectivity index (χ0n) is 14.1. The van der Waals surface area contributed by atoms with Crippen LogP contribution in [0.2, 0.25) is 0 Å². The Labute approximate surface area is 137 Å². The number of carbonyl (C=O) groups is 2. The van der Waals surface area contributed by atoms with Crippen molar-refractivity contribution < 1.29 is 14.0 Å². The summed E-state index contributed by atoms with van der Waals surface area (Å²) in [4.78, 5) is 28.1. The molecule has 1 fully saturated rings. The molecule has 126 valence electrons. The lowest BCUT2D eigenvalue weighted by molar-refractivity contribution is -0.141. The molecule has 2 rings (SSSR count). The van der Waals surface area contributed by atoms with Gasteiger partial charge in [0, 0.05) is 38.5 Å². The highest BCUT2D eigenvalue weighted by molar-refractivity contribution is 5.80. The highest BCUT2D eigenvalue weighted by Gasteiger charge is 2.29. The summed E-state index contributed by atoms with van der Waals surface area (Å²) in [5.41, 5.74) is 0.912. The minimum atomic E-state index is -0.273. The molecule has 5 heteroatoms. The third-order valence-electron chi connectivity index (χ3n) is 4.36. The van der Waals surface area contributed by atoms with E-state index in [9.17, 15) is 14.0 Å². The van der Waals surface area contributed by atoms with E-state index in [1.165, 1.54) is 12.1 Å². The minimum absolute atomic E-state index is 0.00315. The van der Waals surface area contributed by atoms with Crippen LogP contribution in [0, 0.1) is 17.7 Å². The van der Waals surface area contributed by atoms with Gasteiger partial charge in [0.15, 0.2) is 0 Å². The van der Waals surface area contributed by atoms with Crippen molar-refractivity contribution in [2.75, 3.05) is 20.1 Å². The van der Waals surface area contributed by atoms with Gasteiger partial charge in [0.25, 0.3) is 0 Å². The molecule has 1 aromatic carbocycles. The maximum Gasteiger partial charge on any atom is 0.225 e. The average molecular weight is 320 g/mol. The summed E-state index contributed by atoms with van der Waals surface area (Å²) < 4.78 is 12.9. The summed E-state index contributed by atoms with van der Waals surface area (Å²) in [6.07, 6.45) is 1.43. The highest BCUT2D eigenvalue weighted by Crippen LogP contribution is 2.21. The van der Waals surface area contributed by atoms with Crippen LogP contribution in [0.3, 0.4) is 0 Å². The van der Waals surface area contributed by atoms with E-state index in [4.69, 9.17) is 0 Å². The molecule has 0 aliphatic carbocycles. The molecule has 1 heterocycles. The first-order valence-corrected chi connectivity index (χ1v) is 8.16. The molecule has 0 saturated carbocycles. The lowest BCUT2D eigenvalue weighted by Gasteiger charge is -2.34. The molecule has 0 radical (unpaired) electrons. The molecule has 1 aromatic rings. The number of likely N-dealkylation sites (tertiary alicyclic amines) is 1. The van der Waals surface area contributed by atoms with Gasteiger partial charge < -0.3 is 9.80 Å². The maximum absolute atomic E-state index is 12.9. The average Bonchev–Trinajstić information content (AvgIpc) is 2.55. The second-order valence-corrected chi connectivity index (χ2v) is 6.58. The molecule has 1 saturated heterocycles. The van der Waals surface area contributed by atoms with Crippen LogP contribution < -0.4 is 0 Å². The Hall–Kier alpha value is -1.91. The van der Waals surface area contributed by atoms with Crippen LogP contribution in [0.15, 0.2) is 24.3 Å². The first-order valence-electron chi connectivity index (χ1n) is 8.16. The van der Waals surface area contributed by atoms with Gasteiger partial charge in [-0.25, -0.2) is 4.39 Å². The van der Waals surface area contributed by atoms with Gasteiger partial charge in [0.2, 0.25) is 11.8 Å². The van der Waals surface area contributed by atoms with E-state index in [-0.39, 0.29) is 29.5 Å². The van der Waals surface area contributed by atoms with Crippen LogP contribution in [-0.2, 0) is 16.1 Å². The van der Waals surface area contributed by atoms with E-state index in [1.54, 1.807) is 24.1 Å². The predicted octanol–water partition coefficient (Wildman–Crippen LogP) is 2.68. The minimum Gasteiger partial charge on any atom is -0.342 e. The molecule has 0 bridgehead atoms. The molecule has 0 N–H and O–H groups in total. The van der Waals surface area contributed by atoms with Crippen molar-refractivity contribution in [2.45, 2.75) is 33.2 Å². The van der Waals surface area contributed by atoms with E-state index >= 15 is 0 Å². The van der Waals surface area contributed by atoms with Crippen molar-refractivity contribution in [1.29, 1.82) is 0 Å². The molecule has 1 aliphatic rings. The molecule has 0 spiro atoms. The van der Waals surface area contributed by atoms with Gasteiger partial charge in [0.05, 0.1) is 0 Å². The second-order valence-electron chi connectivity index (χ2n) is 6.58. The summed E-state index contributed by atoms with van der Waals surface area (Å²) in [5, 5.41) is 0. The van der Waals surface area contributed by atoms with E-state index < -0.39 is 0 Å². The monoisotopic (exact) mass is 320 g/mol. The number of hydrogen-bond donors (Lipinski definition) is 0. The number of piperidine rings is 1. The van der Waals surface area contributed by atoms with Gasteiger partial charge in [-0.3, -0.25) is 9.59 Å². The van der Waals surface area contributed by atoms with Gasteiger partial charge in [-0.2, -0.15) is 0 Å². The normalized spacial score (nSPS) is 15.8. The molecule has 0 unspecified atom stereocenters. The molecule has 0 atom stereocenters. The molecular formula is C18H25FN2O2. The summed E-state index contributed by atoms with van der Waals surface area (Å²) in [6.45, 7) is 5.58. The highest BCUT2D eigenvalue weighted by atomic mass is 19.1. The summed E-state index contributed by atoms with van der Waals surface area (Å²) in [6, 6.07) is 6.21. The van der Waals surface area contributed by atoms with Crippen LogP contribution in [0.5, 0.6) is 0 Å². The quantitative estimate of drug-likeness (QED) is 0.856. The number of rotatable bonds is 4. The van der Waals surface area contributed by atoms with Crippen LogP contribution in [0.4, 0.5) is 4.39 Å². The number of nitrogens with zero attached hydrogens (tertiary/aromatic N) is 2. The van der Waals surface area contributed by atoms with Gasteiger partial charge in [-0.15, -0.1) is 0 Å². The van der Waals surface area contributed by atoms with Crippen molar-refractivity contribution in [1.82, 2.24) is 9.80 Å². The number of benzene rings is 1. The third-order valence-corrected chi connectivity index (χ3v) is 4.36. The summed E-state index contributed by atoms with van der Waals surface area (Å²) >= 11 is 0. The Morgan fingerprint density at radius 2 is 1.78 bits per heavy atom. The zero-order chi connectivity index (χ0) is 17.0. The lowest BCUT2D eigenvalue weighted by atomic mass is 9.94. The number of carbonyl (C=O) groups excluding carboxylic acids is 2. The van der Waals surface area contributed by atoms with Crippen molar-refractivity contribution >= 4 is 11.8 Å². The zero-order valence-corrected chi connectivity index (χ0v) is 14.1. The predicted molar refractivity (Wildman–Crippen MR) is 87.0 cm³/mol. The number of halogens is 1. The van der Waals surface area contributed by atoms with Crippen LogP contribution >= 0.6 is 0 Å². The van der Waals surface area contributed by atoms with E-state index in [0.717, 1.165) is 5.56 Å². The Bertz CT molecular complexity index is 549. The Balaban J connectivity index is 1.86. The van der Waals surface area contributed by atoms with Gasteiger partial charge in [0.1, 0.15) is 5.82 Å². The SMILES string of the molecule is CC(C)C(=O)N1CCC(C(=O)N(C)Cc2ccc(F)cc2)CC1. The standard InChI is InChI=1S/C18H25FN2O2/c1-13(2)17(22)21-10-8-15(9-11-21)18(23)20(3)12-14-4-6-16(19)7-5-14/h4-7,13,15H,8-12H2,1-3H3. The fourth-order valence-electron chi connectivity index (χ4n) is 2.97. The molecule has 1 aliphatic heterocycles. The molecule has 4 nitrogen and oxygen atoms in total. The maximum atomic E-state index is 12.9. The smallest absolute Gasteiger partial charge is 0.225 e. The van der Waals surface area contributed by atoms with E-state index in [0.29, 0.717) is 32.5 Å². The Morgan fingerprint density at radius 3 is 2.30 bits per heavy atom. The number of amides is 2. The first kappa shape index (κ1) is 17.4. The van der Waals surface area contributed by atoms with Crippen LogP contribution in [0.1, 0.15) is 32.3 Å². The fourth-order valence-corrected chi connectivity index (χ4v) is 2.97. The van der Waals surface area contributed by atoms with Crippen LogP contribution in [0.25, 0.3) is 0 Å². The largest absolute Gasteiger partial charge is 0.342 e. The lowest BCUT2D eigenvalue weighted by Crippen LogP contribution is -2.44. The second kappa shape index (κ2) is 7.57. The Kier molecular flexibility index (Phi) is 5.74. The molecular weight excluding hydrogens is 295 g/mol. The van der Waals surface area contributed by atoms with Crippen molar-refractivity contribution in [3.8, 4) is 0 Å².